The minimum Gasteiger partial charge on any atom is -0.333 e. The lowest BCUT2D eigenvalue weighted by atomic mass is 10.1. The molecule has 1 saturated heterocycles. The second kappa shape index (κ2) is 5.29. The molecule has 1 fully saturated rings. The van der Waals surface area contributed by atoms with Crippen molar-refractivity contribution in [1.82, 2.24) is 10.2 Å². The van der Waals surface area contributed by atoms with Crippen molar-refractivity contribution in [2.24, 2.45) is 0 Å². The van der Waals surface area contributed by atoms with Gasteiger partial charge in [-0.3, -0.25) is 4.79 Å². The minimum absolute atomic E-state index is 0.0320. The van der Waals surface area contributed by atoms with Crippen LogP contribution in [0, 0.1) is 6.92 Å². The largest absolute Gasteiger partial charge is 0.333 e. The van der Waals surface area contributed by atoms with Gasteiger partial charge in [-0.25, -0.2) is 0 Å². The van der Waals surface area contributed by atoms with Crippen molar-refractivity contribution >= 4 is 17.5 Å². The van der Waals surface area contributed by atoms with Gasteiger partial charge in [0.1, 0.15) is 0 Å². The van der Waals surface area contributed by atoms with Gasteiger partial charge in [0.05, 0.1) is 10.6 Å². The lowest BCUT2D eigenvalue weighted by Gasteiger charge is -2.37. The summed E-state index contributed by atoms with van der Waals surface area (Å²) in [5.41, 5.74) is 1.55. The van der Waals surface area contributed by atoms with Gasteiger partial charge in [-0.2, -0.15) is 0 Å². The topological polar surface area (TPSA) is 32.3 Å². The summed E-state index contributed by atoms with van der Waals surface area (Å²) in [5, 5.41) is 3.94. The molecule has 0 radical (unpaired) electrons. The number of nitrogens with zero attached hydrogens (tertiary/aromatic N) is 1. The molecule has 1 aliphatic rings. The zero-order chi connectivity index (χ0) is 13.3. The van der Waals surface area contributed by atoms with Crippen LogP contribution in [0.3, 0.4) is 0 Å². The van der Waals surface area contributed by atoms with Crippen molar-refractivity contribution in [1.29, 1.82) is 0 Å². The van der Waals surface area contributed by atoms with Crippen LogP contribution in [-0.2, 0) is 0 Å². The number of benzene rings is 1. The highest BCUT2D eigenvalue weighted by molar-refractivity contribution is 6.34. The molecular formula is C14H19ClN2O. The maximum Gasteiger partial charge on any atom is 0.255 e. The van der Waals surface area contributed by atoms with E-state index in [2.05, 4.69) is 19.2 Å². The van der Waals surface area contributed by atoms with Crippen LogP contribution in [0.4, 0.5) is 0 Å². The predicted molar refractivity (Wildman–Crippen MR) is 74.2 cm³/mol. The second-order valence-electron chi connectivity index (χ2n) is 5.05. The first-order valence-electron chi connectivity index (χ1n) is 6.30. The average molecular weight is 267 g/mol. The summed E-state index contributed by atoms with van der Waals surface area (Å²) in [6.07, 6.45) is 0. The quantitative estimate of drug-likeness (QED) is 0.847. The van der Waals surface area contributed by atoms with E-state index in [1.807, 2.05) is 24.0 Å². The molecule has 3 nitrogen and oxygen atoms in total. The zero-order valence-electron chi connectivity index (χ0n) is 11.0. The fraction of sp³-hybridized carbons (Fsp3) is 0.500. The van der Waals surface area contributed by atoms with Crippen molar-refractivity contribution in [3.8, 4) is 0 Å². The standard InChI is InChI=1S/C14H19ClN2O/c1-9-5-4-6-12(13(9)15)14(18)17-8-10(2)16-7-11(17)3/h4-6,10-11,16H,7-8H2,1-3H3. The number of hydrogen-bond acceptors (Lipinski definition) is 2. The summed E-state index contributed by atoms with van der Waals surface area (Å²) >= 11 is 6.23. The van der Waals surface area contributed by atoms with Gasteiger partial charge < -0.3 is 10.2 Å². The number of piperazine rings is 1. The number of amides is 1. The summed E-state index contributed by atoms with van der Waals surface area (Å²) in [5.74, 6) is 0.0320. The van der Waals surface area contributed by atoms with Crippen LogP contribution in [0.15, 0.2) is 18.2 Å². The Morgan fingerprint density at radius 3 is 2.89 bits per heavy atom. The van der Waals surface area contributed by atoms with Gasteiger partial charge in [-0.15, -0.1) is 0 Å². The number of nitrogens with one attached hydrogen (secondary N) is 1. The summed E-state index contributed by atoms with van der Waals surface area (Å²) in [6, 6.07) is 6.13. The lowest BCUT2D eigenvalue weighted by molar-refractivity contribution is 0.0616. The number of halogens is 1. The monoisotopic (exact) mass is 266 g/mol. The van der Waals surface area contributed by atoms with Crippen molar-refractivity contribution in [3.05, 3.63) is 34.3 Å². The van der Waals surface area contributed by atoms with Gasteiger partial charge in [-0.05, 0) is 32.4 Å². The molecule has 2 atom stereocenters. The second-order valence-corrected chi connectivity index (χ2v) is 5.43. The van der Waals surface area contributed by atoms with Crippen LogP contribution >= 0.6 is 11.6 Å². The highest BCUT2D eigenvalue weighted by atomic mass is 35.5. The molecule has 0 spiro atoms. The van der Waals surface area contributed by atoms with Gasteiger partial charge in [0.2, 0.25) is 0 Å². The molecule has 98 valence electrons. The van der Waals surface area contributed by atoms with Crippen LogP contribution in [0.25, 0.3) is 0 Å². The van der Waals surface area contributed by atoms with Gasteiger partial charge in [0.25, 0.3) is 5.91 Å². The molecule has 1 aliphatic heterocycles. The van der Waals surface area contributed by atoms with E-state index in [1.165, 1.54) is 0 Å². The highest BCUT2D eigenvalue weighted by Crippen LogP contribution is 2.23. The highest BCUT2D eigenvalue weighted by Gasteiger charge is 2.28. The molecule has 2 unspecified atom stereocenters. The first kappa shape index (κ1) is 13.4. The van der Waals surface area contributed by atoms with Crippen molar-refractivity contribution in [2.75, 3.05) is 13.1 Å². The first-order chi connectivity index (χ1) is 8.50. The molecule has 2 rings (SSSR count). The van der Waals surface area contributed by atoms with Crippen LogP contribution in [0.1, 0.15) is 29.8 Å². The maximum atomic E-state index is 12.5. The maximum absolute atomic E-state index is 12.5. The molecule has 0 aliphatic carbocycles. The van der Waals surface area contributed by atoms with Crippen LogP contribution in [0.2, 0.25) is 5.02 Å². The van der Waals surface area contributed by atoms with Crippen LogP contribution in [-0.4, -0.2) is 36.0 Å². The fourth-order valence-corrected chi connectivity index (χ4v) is 2.48. The van der Waals surface area contributed by atoms with E-state index < -0.39 is 0 Å². The van der Waals surface area contributed by atoms with Crippen LogP contribution < -0.4 is 5.32 Å². The van der Waals surface area contributed by atoms with Crippen molar-refractivity contribution in [3.63, 3.8) is 0 Å². The number of rotatable bonds is 1. The number of carbonyl (C=O) groups excluding carboxylic acids is 1. The van der Waals surface area contributed by atoms with E-state index in [1.54, 1.807) is 6.07 Å². The molecule has 1 aromatic rings. The Morgan fingerprint density at radius 1 is 1.44 bits per heavy atom. The minimum atomic E-state index is 0.0320. The normalized spacial score (nSPS) is 24.1. The van der Waals surface area contributed by atoms with Crippen LogP contribution in [0.5, 0.6) is 0 Å². The van der Waals surface area contributed by atoms with E-state index in [4.69, 9.17) is 11.6 Å². The molecule has 1 amide bonds. The third-order valence-electron chi connectivity index (χ3n) is 3.45. The van der Waals surface area contributed by atoms with Gasteiger partial charge >= 0.3 is 0 Å². The Morgan fingerprint density at radius 2 is 2.17 bits per heavy atom. The lowest BCUT2D eigenvalue weighted by Crippen LogP contribution is -2.56. The smallest absolute Gasteiger partial charge is 0.255 e. The molecule has 18 heavy (non-hydrogen) atoms. The van der Waals surface area contributed by atoms with E-state index in [-0.39, 0.29) is 11.9 Å². The molecule has 1 aromatic carbocycles. The molecule has 0 aromatic heterocycles. The van der Waals surface area contributed by atoms with E-state index in [0.717, 1.165) is 18.7 Å². The first-order valence-corrected chi connectivity index (χ1v) is 6.68. The Kier molecular flexibility index (Phi) is 3.93. The Balaban J connectivity index is 2.27. The van der Waals surface area contributed by atoms with E-state index in [9.17, 15) is 4.79 Å². The Bertz CT molecular complexity index is 461. The van der Waals surface area contributed by atoms with Crippen molar-refractivity contribution in [2.45, 2.75) is 32.9 Å². The number of carbonyl (C=O) groups is 1. The fourth-order valence-electron chi connectivity index (χ4n) is 2.27. The van der Waals surface area contributed by atoms with Gasteiger partial charge in [-0.1, -0.05) is 23.7 Å². The number of aryl methyl sites for hydroxylation is 1. The summed E-state index contributed by atoms with van der Waals surface area (Å²) in [6.45, 7) is 7.62. The molecule has 4 heteroatoms. The molecule has 0 saturated carbocycles. The SMILES string of the molecule is Cc1cccc(C(=O)N2CC(C)NCC2C)c1Cl. The Labute approximate surface area is 113 Å². The third-order valence-corrected chi connectivity index (χ3v) is 3.95. The van der Waals surface area contributed by atoms with E-state index in [0.29, 0.717) is 16.6 Å². The summed E-state index contributed by atoms with van der Waals surface area (Å²) in [4.78, 5) is 14.4. The summed E-state index contributed by atoms with van der Waals surface area (Å²) in [7, 11) is 0. The molecule has 1 heterocycles. The van der Waals surface area contributed by atoms with Gasteiger partial charge in [0, 0.05) is 25.2 Å². The third kappa shape index (κ3) is 2.52. The van der Waals surface area contributed by atoms with Crippen molar-refractivity contribution < 1.29 is 4.79 Å². The molecular weight excluding hydrogens is 248 g/mol. The predicted octanol–water partition coefficient (Wildman–Crippen LogP) is 2.47. The molecule has 1 N–H and O–H groups in total. The summed E-state index contributed by atoms with van der Waals surface area (Å²) < 4.78 is 0. The molecule has 0 bridgehead atoms. The van der Waals surface area contributed by atoms with Gasteiger partial charge in [0.15, 0.2) is 0 Å². The average Bonchev–Trinajstić information content (AvgIpc) is 2.35. The zero-order valence-corrected chi connectivity index (χ0v) is 11.8. The van der Waals surface area contributed by atoms with E-state index >= 15 is 0 Å². The number of hydrogen-bond donors (Lipinski definition) is 1. The Hall–Kier alpha value is -1.06.